The smallest absolute Gasteiger partial charge is 0.261 e. The van der Waals surface area contributed by atoms with E-state index >= 15 is 0 Å². The maximum absolute atomic E-state index is 14.2. The quantitative estimate of drug-likeness (QED) is 0.766. The molecule has 0 spiro atoms. The highest BCUT2D eigenvalue weighted by molar-refractivity contribution is 7.80. The Hall–Kier alpha value is -2.14. The Labute approximate surface area is 147 Å². The SMILES string of the molecule is CCOC(=S)Nc1cccc(F)c1COc1cc(C)c(C)cc1C. The summed E-state index contributed by atoms with van der Waals surface area (Å²) < 4.78 is 25.3. The standard InChI is InChI=1S/C19H22FNO2S/c1-5-22-19(24)21-17-8-6-7-16(20)15(17)11-23-18-10-13(3)12(2)9-14(18)4/h6-10H,5,11H2,1-4H3,(H,21,24). The first-order valence-corrected chi connectivity index (χ1v) is 8.25. The van der Waals surface area contributed by atoms with Crippen LogP contribution in [0.15, 0.2) is 30.3 Å². The average molecular weight is 347 g/mol. The summed E-state index contributed by atoms with van der Waals surface area (Å²) in [5, 5.41) is 3.13. The van der Waals surface area contributed by atoms with E-state index in [0.29, 0.717) is 17.9 Å². The molecule has 0 fully saturated rings. The van der Waals surface area contributed by atoms with Gasteiger partial charge in [-0.25, -0.2) is 4.39 Å². The molecule has 24 heavy (non-hydrogen) atoms. The van der Waals surface area contributed by atoms with Gasteiger partial charge in [-0.3, -0.25) is 0 Å². The van der Waals surface area contributed by atoms with E-state index in [4.69, 9.17) is 21.7 Å². The molecular weight excluding hydrogens is 325 g/mol. The molecule has 2 aromatic carbocycles. The van der Waals surface area contributed by atoms with Gasteiger partial charge in [0.05, 0.1) is 12.3 Å². The summed E-state index contributed by atoms with van der Waals surface area (Å²) in [4.78, 5) is 0. The minimum absolute atomic E-state index is 0.104. The Bertz CT molecular complexity index is 746. The summed E-state index contributed by atoms with van der Waals surface area (Å²) in [7, 11) is 0. The molecule has 0 unspecified atom stereocenters. The highest BCUT2D eigenvalue weighted by Gasteiger charge is 2.12. The Morgan fingerprint density at radius 2 is 1.83 bits per heavy atom. The van der Waals surface area contributed by atoms with Crippen molar-refractivity contribution in [3.8, 4) is 5.75 Å². The molecule has 0 radical (unpaired) electrons. The second-order valence-electron chi connectivity index (χ2n) is 5.60. The van der Waals surface area contributed by atoms with Crippen molar-refractivity contribution in [2.24, 2.45) is 0 Å². The van der Waals surface area contributed by atoms with Crippen LogP contribution in [0.4, 0.5) is 10.1 Å². The van der Waals surface area contributed by atoms with Crippen LogP contribution in [0, 0.1) is 26.6 Å². The van der Waals surface area contributed by atoms with Crippen molar-refractivity contribution in [3.05, 3.63) is 58.4 Å². The molecule has 2 aromatic rings. The predicted octanol–water partition coefficient (Wildman–Crippen LogP) is 5.06. The number of anilines is 1. The number of benzene rings is 2. The molecule has 2 rings (SSSR count). The topological polar surface area (TPSA) is 30.5 Å². The number of nitrogens with one attached hydrogen (secondary N) is 1. The highest BCUT2D eigenvalue weighted by Crippen LogP contribution is 2.26. The monoisotopic (exact) mass is 347 g/mol. The number of hydrogen-bond donors (Lipinski definition) is 1. The molecule has 0 atom stereocenters. The number of thiocarbonyl (C=S) groups is 1. The van der Waals surface area contributed by atoms with Crippen molar-refractivity contribution in [2.75, 3.05) is 11.9 Å². The molecule has 0 aliphatic carbocycles. The number of aryl methyl sites for hydroxylation is 3. The van der Waals surface area contributed by atoms with Gasteiger partial charge in [0.25, 0.3) is 5.17 Å². The molecule has 0 aliphatic heterocycles. The largest absolute Gasteiger partial charge is 0.488 e. The van der Waals surface area contributed by atoms with Crippen molar-refractivity contribution in [1.82, 2.24) is 0 Å². The Morgan fingerprint density at radius 1 is 1.12 bits per heavy atom. The van der Waals surface area contributed by atoms with Gasteiger partial charge in [0, 0.05) is 5.56 Å². The van der Waals surface area contributed by atoms with Crippen LogP contribution < -0.4 is 10.1 Å². The first kappa shape index (κ1) is 18.2. The van der Waals surface area contributed by atoms with Crippen LogP contribution in [-0.4, -0.2) is 11.8 Å². The van der Waals surface area contributed by atoms with Crippen LogP contribution in [-0.2, 0) is 11.3 Å². The van der Waals surface area contributed by atoms with Gasteiger partial charge in [-0.05, 0) is 74.8 Å². The highest BCUT2D eigenvalue weighted by atomic mass is 32.1. The first-order chi connectivity index (χ1) is 11.4. The summed E-state index contributed by atoms with van der Waals surface area (Å²) in [5.74, 6) is 0.403. The zero-order valence-corrected chi connectivity index (χ0v) is 15.2. The van der Waals surface area contributed by atoms with Gasteiger partial charge in [0.15, 0.2) is 0 Å². The summed E-state index contributed by atoms with van der Waals surface area (Å²) in [6.07, 6.45) is 0. The summed E-state index contributed by atoms with van der Waals surface area (Å²) in [5.41, 5.74) is 4.33. The van der Waals surface area contributed by atoms with E-state index < -0.39 is 0 Å². The molecule has 5 heteroatoms. The maximum atomic E-state index is 14.2. The lowest BCUT2D eigenvalue weighted by atomic mass is 10.1. The van der Waals surface area contributed by atoms with E-state index in [2.05, 4.69) is 18.3 Å². The molecule has 1 N–H and O–H groups in total. The van der Waals surface area contributed by atoms with Crippen molar-refractivity contribution >= 4 is 23.1 Å². The van der Waals surface area contributed by atoms with Crippen LogP contribution >= 0.6 is 12.2 Å². The molecule has 0 bridgehead atoms. The van der Waals surface area contributed by atoms with Crippen molar-refractivity contribution in [2.45, 2.75) is 34.3 Å². The fraction of sp³-hybridized carbons (Fsp3) is 0.316. The molecular formula is C19H22FNO2S. The molecule has 0 aromatic heterocycles. The third-order valence-electron chi connectivity index (χ3n) is 3.79. The van der Waals surface area contributed by atoms with E-state index in [1.165, 1.54) is 11.6 Å². The second-order valence-corrected chi connectivity index (χ2v) is 5.97. The lowest BCUT2D eigenvalue weighted by Crippen LogP contribution is -2.15. The molecule has 3 nitrogen and oxygen atoms in total. The molecule has 0 heterocycles. The van der Waals surface area contributed by atoms with Crippen LogP contribution in [0.2, 0.25) is 0 Å². The van der Waals surface area contributed by atoms with Gasteiger partial charge in [-0.2, -0.15) is 0 Å². The van der Waals surface area contributed by atoms with E-state index in [1.807, 2.05) is 26.8 Å². The summed E-state index contributed by atoms with van der Waals surface area (Å²) in [6, 6.07) is 8.82. The maximum Gasteiger partial charge on any atom is 0.261 e. The van der Waals surface area contributed by atoms with Crippen LogP contribution in [0.5, 0.6) is 5.75 Å². The van der Waals surface area contributed by atoms with Gasteiger partial charge in [-0.1, -0.05) is 12.1 Å². The lowest BCUT2D eigenvalue weighted by molar-refractivity contribution is 0.298. The number of hydrogen-bond acceptors (Lipinski definition) is 3. The fourth-order valence-electron chi connectivity index (χ4n) is 2.34. The van der Waals surface area contributed by atoms with Gasteiger partial charge in [0.1, 0.15) is 18.2 Å². The Balaban J connectivity index is 2.20. The third kappa shape index (κ3) is 4.45. The van der Waals surface area contributed by atoms with E-state index in [9.17, 15) is 4.39 Å². The van der Waals surface area contributed by atoms with Crippen LogP contribution in [0.3, 0.4) is 0 Å². The van der Waals surface area contributed by atoms with E-state index in [1.54, 1.807) is 12.1 Å². The normalized spacial score (nSPS) is 10.4. The predicted molar refractivity (Wildman–Crippen MR) is 99.2 cm³/mol. The molecule has 0 saturated heterocycles. The fourth-order valence-corrected chi connectivity index (χ4v) is 2.57. The molecule has 0 amide bonds. The second kappa shape index (κ2) is 8.11. The van der Waals surface area contributed by atoms with Crippen LogP contribution in [0.1, 0.15) is 29.2 Å². The van der Waals surface area contributed by atoms with Crippen molar-refractivity contribution in [1.29, 1.82) is 0 Å². The van der Waals surface area contributed by atoms with Gasteiger partial charge in [0.2, 0.25) is 0 Å². The zero-order chi connectivity index (χ0) is 17.7. The van der Waals surface area contributed by atoms with Gasteiger partial charge >= 0.3 is 0 Å². The average Bonchev–Trinajstić information content (AvgIpc) is 2.51. The molecule has 0 aliphatic rings. The minimum Gasteiger partial charge on any atom is -0.488 e. The summed E-state index contributed by atoms with van der Waals surface area (Å²) in [6.45, 7) is 8.46. The Kier molecular flexibility index (Phi) is 6.15. The van der Waals surface area contributed by atoms with Crippen molar-refractivity contribution < 1.29 is 13.9 Å². The van der Waals surface area contributed by atoms with Crippen molar-refractivity contribution in [3.63, 3.8) is 0 Å². The molecule has 0 saturated carbocycles. The lowest BCUT2D eigenvalue weighted by Gasteiger charge is -2.16. The van der Waals surface area contributed by atoms with Gasteiger partial charge in [-0.15, -0.1) is 0 Å². The summed E-state index contributed by atoms with van der Waals surface area (Å²) >= 11 is 5.07. The van der Waals surface area contributed by atoms with Crippen LogP contribution in [0.25, 0.3) is 0 Å². The van der Waals surface area contributed by atoms with E-state index in [-0.39, 0.29) is 17.6 Å². The number of halogens is 1. The van der Waals surface area contributed by atoms with E-state index in [0.717, 1.165) is 16.9 Å². The zero-order valence-electron chi connectivity index (χ0n) is 14.4. The Morgan fingerprint density at radius 3 is 2.54 bits per heavy atom. The minimum atomic E-state index is -0.346. The molecule has 128 valence electrons. The van der Waals surface area contributed by atoms with Gasteiger partial charge < -0.3 is 14.8 Å². The number of rotatable bonds is 5. The number of ether oxygens (including phenoxy) is 2. The first-order valence-electron chi connectivity index (χ1n) is 7.84. The third-order valence-corrected chi connectivity index (χ3v) is 4.01.